The summed E-state index contributed by atoms with van der Waals surface area (Å²) in [6.07, 6.45) is 0. The van der Waals surface area contributed by atoms with Crippen molar-refractivity contribution in [1.82, 2.24) is 0 Å². The van der Waals surface area contributed by atoms with Gasteiger partial charge in [-0.15, -0.1) is 0 Å². The third-order valence-corrected chi connectivity index (χ3v) is 4.99. The first-order chi connectivity index (χ1) is 14.0. The van der Waals surface area contributed by atoms with E-state index in [1.165, 1.54) is 18.2 Å². The van der Waals surface area contributed by atoms with Gasteiger partial charge in [-0.3, -0.25) is 0 Å². The van der Waals surface area contributed by atoms with E-state index in [4.69, 9.17) is 25.5 Å². The molecule has 1 aromatic heterocycles. The molecule has 0 unspecified atom stereocenters. The molecule has 0 aliphatic rings. The summed E-state index contributed by atoms with van der Waals surface area (Å²) < 4.78 is 29.8. The van der Waals surface area contributed by atoms with Crippen molar-refractivity contribution in [1.29, 1.82) is 0 Å². The number of esters is 1. The topological polar surface area (TPSA) is 65.7 Å². The molecule has 0 amide bonds. The monoisotopic (exact) mass is 430 g/mol. The molecule has 4 aromatic rings. The highest BCUT2D eigenvalue weighted by Crippen LogP contribution is 2.34. The summed E-state index contributed by atoms with van der Waals surface area (Å²) in [5.74, 6) is -0.320. The highest BCUT2D eigenvalue weighted by atomic mass is 35.5. The lowest BCUT2D eigenvalue weighted by Gasteiger charge is -2.09. The van der Waals surface area contributed by atoms with Gasteiger partial charge in [0.2, 0.25) is 0 Å². The van der Waals surface area contributed by atoms with Gasteiger partial charge in [-0.25, -0.2) is 14.0 Å². The van der Waals surface area contributed by atoms with Gasteiger partial charge in [0, 0.05) is 16.7 Å². The van der Waals surface area contributed by atoms with Gasteiger partial charge in [-0.2, -0.15) is 0 Å². The zero-order valence-electron chi connectivity index (χ0n) is 14.7. The molecule has 0 saturated carbocycles. The summed E-state index contributed by atoms with van der Waals surface area (Å²) in [7, 11) is 0. The van der Waals surface area contributed by atoms with Gasteiger partial charge in [0.25, 0.3) is 0 Å². The zero-order chi connectivity index (χ0) is 20.4. The smallest absolute Gasteiger partial charge is 0.396 e. The Morgan fingerprint density at radius 2 is 1.76 bits per heavy atom. The molecule has 4 rings (SSSR count). The Kier molecular flexibility index (Phi) is 5.33. The van der Waals surface area contributed by atoms with Crippen LogP contribution in [0.3, 0.4) is 0 Å². The average Bonchev–Trinajstić information content (AvgIpc) is 3.08. The molecule has 0 bridgehead atoms. The number of ether oxygens (including phenoxy) is 2. The Morgan fingerprint density at radius 3 is 2.48 bits per heavy atom. The highest BCUT2D eigenvalue weighted by molar-refractivity contribution is 7.16. The van der Waals surface area contributed by atoms with Crippen molar-refractivity contribution in [2.75, 3.05) is 6.61 Å². The van der Waals surface area contributed by atoms with Crippen molar-refractivity contribution in [3.05, 3.63) is 81.2 Å². The number of halogens is 2. The molecule has 0 aliphatic heterocycles. The van der Waals surface area contributed by atoms with Crippen LogP contribution in [-0.2, 0) is 4.79 Å². The summed E-state index contributed by atoms with van der Waals surface area (Å²) >= 11 is 6.69. The van der Waals surface area contributed by atoms with Crippen LogP contribution in [0.15, 0.2) is 69.9 Å². The van der Waals surface area contributed by atoms with E-state index in [1.807, 2.05) is 0 Å². The first kappa shape index (κ1) is 19.2. The lowest BCUT2D eigenvalue weighted by molar-refractivity contribution is -0.136. The van der Waals surface area contributed by atoms with Gasteiger partial charge in [-0.05, 0) is 48.0 Å². The molecule has 146 valence electrons. The fraction of sp³-hybridized carbons (Fsp3) is 0.0476. The molecule has 0 radical (unpaired) electrons. The van der Waals surface area contributed by atoms with Crippen LogP contribution >= 0.6 is 22.9 Å². The molecule has 0 fully saturated rings. The highest BCUT2D eigenvalue weighted by Gasteiger charge is 2.15. The number of rotatable bonds is 5. The average molecular weight is 431 g/mol. The Morgan fingerprint density at radius 1 is 1.03 bits per heavy atom. The van der Waals surface area contributed by atoms with E-state index < -0.39 is 16.7 Å². The van der Waals surface area contributed by atoms with Crippen molar-refractivity contribution in [3.8, 4) is 22.6 Å². The largest absolute Gasteiger partial charge is 0.482 e. The number of carbonyl (C=O) groups is 1. The minimum atomic E-state index is -0.625. The summed E-state index contributed by atoms with van der Waals surface area (Å²) in [6, 6.07) is 15.4. The first-order valence-electron chi connectivity index (χ1n) is 8.40. The normalized spacial score (nSPS) is 10.8. The maximum Gasteiger partial charge on any atom is 0.396 e. The molecule has 0 N–H and O–H groups in total. The van der Waals surface area contributed by atoms with Crippen LogP contribution < -0.4 is 14.4 Å². The van der Waals surface area contributed by atoms with Crippen molar-refractivity contribution >= 4 is 39.2 Å². The Hall–Kier alpha value is -3.16. The van der Waals surface area contributed by atoms with Gasteiger partial charge in [0.1, 0.15) is 17.3 Å². The molecule has 1 heterocycles. The number of hydrogen-bond acceptors (Lipinski definition) is 6. The maximum atomic E-state index is 13.3. The van der Waals surface area contributed by atoms with Crippen LogP contribution in [0.25, 0.3) is 21.4 Å². The second kappa shape index (κ2) is 8.06. The molecule has 5 nitrogen and oxygen atoms in total. The van der Waals surface area contributed by atoms with Gasteiger partial charge in [0.05, 0.1) is 4.70 Å². The van der Waals surface area contributed by atoms with E-state index >= 15 is 0 Å². The molecule has 0 spiro atoms. The second-order valence-electron chi connectivity index (χ2n) is 5.98. The lowest BCUT2D eigenvalue weighted by atomic mass is 10.0. The van der Waals surface area contributed by atoms with Crippen molar-refractivity contribution < 1.29 is 23.1 Å². The Labute approximate surface area is 172 Å². The Bertz CT molecular complexity index is 1230. The van der Waals surface area contributed by atoms with E-state index in [1.54, 1.807) is 42.5 Å². The maximum absolute atomic E-state index is 13.3. The van der Waals surface area contributed by atoms with Gasteiger partial charge in [0.15, 0.2) is 12.2 Å². The second-order valence-corrected chi connectivity index (χ2v) is 7.39. The zero-order valence-corrected chi connectivity index (χ0v) is 16.3. The van der Waals surface area contributed by atoms with Gasteiger partial charge >= 0.3 is 10.9 Å². The predicted octanol–water partition coefficient (Wildman–Crippen LogP) is 5.30. The van der Waals surface area contributed by atoms with E-state index in [-0.39, 0.29) is 12.4 Å². The number of fused-ring (bicyclic) bond motifs is 1. The van der Waals surface area contributed by atoms with E-state index in [9.17, 15) is 14.0 Å². The summed E-state index contributed by atoms with van der Waals surface area (Å²) in [5.41, 5.74) is 1.49. The standard InChI is InChI=1S/C21H12ClFO5S/c22-13-3-7-15(8-4-13)26-11-19(24)27-16-9-17(12-1-5-14(23)6-2-12)20-18(10-16)29-21(25)28-20/h1-10H,11H2. The number of hydrogen-bond donors (Lipinski definition) is 0. The van der Waals surface area contributed by atoms with Crippen LogP contribution in [-0.4, -0.2) is 12.6 Å². The molecule has 29 heavy (non-hydrogen) atoms. The fourth-order valence-corrected chi connectivity index (χ4v) is 3.54. The predicted molar refractivity (Wildman–Crippen MR) is 108 cm³/mol. The van der Waals surface area contributed by atoms with E-state index in [0.29, 0.717) is 32.2 Å². The quantitative estimate of drug-likeness (QED) is 0.317. The molecule has 8 heteroatoms. The summed E-state index contributed by atoms with van der Waals surface area (Å²) in [5, 5.41) is 0.556. The van der Waals surface area contributed by atoms with Gasteiger partial charge < -0.3 is 13.9 Å². The molecular weight excluding hydrogens is 419 g/mol. The van der Waals surface area contributed by atoms with Crippen LogP contribution in [0.1, 0.15) is 0 Å². The lowest BCUT2D eigenvalue weighted by Crippen LogP contribution is -2.17. The molecule has 0 aliphatic carbocycles. The summed E-state index contributed by atoms with van der Waals surface area (Å²) in [4.78, 5) is 23.4. The van der Waals surface area contributed by atoms with Crippen molar-refractivity contribution in [2.45, 2.75) is 0 Å². The van der Waals surface area contributed by atoms with Crippen molar-refractivity contribution in [3.63, 3.8) is 0 Å². The van der Waals surface area contributed by atoms with Crippen LogP contribution in [0.5, 0.6) is 11.5 Å². The molecule has 3 aromatic carbocycles. The van der Waals surface area contributed by atoms with E-state index in [0.717, 1.165) is 11.3 Å². The van der Waals surface area contributed by atoms with Crippen LogP contribution in [0, 0.1) is 5.82 Å². The molecular formula is C21H12ClFO5S. The van der Waals surface area contributed by atoms with Crippen LogP contribution in [0.2, 0.25) is 5.02 Å². The molecule has 0 saturated heterocycles. The molecule has 0 atom stereocenters. The first-order valence-corrected chi connectivity index (χ1v) is 9.60. The van der Waals surface area contributed by atoms with E-state index in [2.05, 4.69) is 0 Å². The van der Waals surface area contributed by atoms with Crippen molar-refractivity contribution in [2.24, 2.45) is 0 Å². The number of carbonyl (C=O) groups excluding carboxylic acids is 1. The fourth-order valence-electron chi connectivity index (χ4n) is 2.69. The van der Waals surface area contributed by atoms with Gasteiger partial charge in [-0.1, -0.05) is 35.1 Å². The summed E-state index contributed by atoms with van der Waals surface area (Å²) in [6.45, 7) is -0.312. The minimum Gasteiger partial charge on any atom is -0.482 e. The Balaban J connectivity index is 1.58. The third-order valence-electron chi connectivity index (χ3n) is 3.96. The number of benzene rings is 3. The third kappa shape index (κ3) is 4.47. The SMILES string of the molecule is O=C(COc1ccc(Cl)cc1)Oc1cc(-c2ccc(F)cc2)c2oc(=O)sc2c1. The van der Waals surface area contributed by atoms with Crippen LogP contribution in [0.4, 0.5) is 4.39 Å². The minimum absolute atomic E-state index is 0.221.